The molecule has 1 N–H and O–H groups in total. The van der Waals surface area contributed by atoms with Crippen LogP contribution in [0.3, 0.4) is 0 Å². The van der Waals surface area contributed by atoms with E-state index in [4.69, 9.17) is 4.42 Å². The van der Waals surface area contributed by atoms with Crippen LogP contribution in [0.15, 0.2) is 71.3 Å². The van der Waals surface area contributed by atoms with E-state index in [1.807, 2.05) is 67.3 Å². The zero-order valence-corrected chi connectivity index (χ0v) is 20.8. The van der Waals surface area contributed by atoms with Crippen molar-refractivity contribution >= 4 is 29.1 Å². The highest BCUT2D eigenvalue weighted by molar-refractivity contribution is 5.98. The Labute approximate surface area is 211 Å². The van der Waals surface area contributed by atoms with Gasteiger partial charge in [-0.05, 0) is 61.9 Å². The molecule has 0 aliphatic carbocycles. The summed E-state index contributed by atoms with van der Waals surface area (Å²) in [4.78, 5) is 43.6. The van der Waals surface area contributed by atoms with E-state index in [0.29, 0.717) is 25.3 Å². The summed E-state index contributed by atoms with van der Waals surface area (Å²) < 4.78 is 5.19. The minimum atomic E-state index is -0.299. The summed E-state index contributed by atoms with van der Waals surface area (Å²) in [6, 6.07) is 18.6. The molecule has 0 unspecified atom stereocenters. The van der Waals surface area contributed by atoms with Gasteiger partial charge in [-0.25, -0.2) is 0 Å². The maximum Gasteiger partial charge on any atom is 0.290 e. The maximum atomic E-state index is 12.8. The van der Waals surface area contributed by atoms with Crippen LogP contribution in [0.25, 0.3) is 0 Å². The lowest BCUT2D eigenvalue weighted by molar-refractivity contribution is -0.116. The van der Waals surface area contributed by atoms with E-state index in [1.165, 1.54) is 11.2 Å². The van der Waals surface area contributed by atoms with Gasteiger partial charge in [0.1, 0.15) is 6.54 Å². The van der Waals surface area contributed by atoms with Crippen molar-refractivity contribution in [3.05, 3.63) is 83.8 Å². The molecular weight excluding hydrogens is 456 g/mol. The number of carbonyl (C=O) groups excluding carboxylic acids is 3. The van der Waals surface area contributed by atoms with Gasteiger partial charge in [0.2, 0.25) is 5.91 Å². The fraction of sp³-hybridized carbons (Fsp3) is 0.321. The SMILES string of the molecule is CCCN(CC(=O)Nc1ccc(N2CCN(C(=O)c3ccc(C)cc3)CC2)cc1)C(=O)c1ccco1. The zero-order valence-electron chi connectivity index (χ0n) is 20.8. The lowest BCUT2D eigenvalue weighted by Gasteiger charge is -2.36. The average molecular weight is 489 g/mol. The van der Waals surface area contributed by atoms with Crippen LogP contribution in [0.2, 0.25) is 0 Å². The topological polar surface area (TPSA) is 86.1 Å². The summed E-state index contributed by atoms with van der Waals surface area (Å²) in [6.07, 6.45) is 2.18. The van der Waals surface area contributed by atoms with Crippen molar-refractivity contribution < 1.29 is 18.8 Å². The molecule has 0 atom stereocenters. The van der Waals surface area contributed by atoms with Crippen LogP contribution in [0, 0.1) is 6.92 Å². The van der Waals surface area contributed by atoms with Crippen molar-refractivity contribution in [2.75, 3.05) is 49.5 Å². The third-order valence-corrected chi connectivity index (χ3v) is 6.23. The molecule has 1 aromatic heterocycles. The Hall–Kier alpha value is -4.07. The van der Waals surface area contributed by atoms with Gasteiger partial charge in [0, 0.05) is 49.7 Å². The van der Waals surface area contributed by atoms with Crippen molar-refractivity contribution in [2.45, 2.75) is 20.3 Å². The first kappa shape index (κ1) is 25.0. The Morgan fingerprint density at radius 1 is 0.944 bits per heavy atom. The smallest absolute Gasteiger partial charge is 0.290 e. The van der Waals surface area contributed by atoms with Crippen molar-refractivity contribution in [1.29, 1.82) is 0 Å². The van der Waals surface area contributed by atoms with E-state index >= 15 is 0 Å². The number of nitrogens with one attached hydrogen (secondary N) is 1. The normalized spacial score (nSPS) is 13.4. The molecular formula is C28H32N4O4. The highest BCUT2D eigenvalue weighted by Gasteiger charge is 2.23. The highest BCUT2D eigenvalue weighted by Crippen LogP contribution is 2.20. The Morgan fingerprint density at radius 3 is 2.25 bits per heavy atom. The second kappa shape index (κ2) is 11.6. The summed E-state index contributed by atoms with van der Waals surface area (Å²) in [6.45, 7) is 7.17. The van der Waals surface area contributed by atoms with Crippen LogP contribution in [0.5, 0.6) is 0 Å². The number of hydrogen-bond acceptors (Lipinski definition) is 5. The fourth-order valence-electron chi connectivity index (χ4n) is 4.25. The largest absolute Gasteiger partial charge is 0.459 e. The molecule has 1 saturated heterocycles. The van der Waals surface area contributed by atoms with Crippen molar-refractivity contribution in [2.24, 2.45) is 0 Å². The van der Waals surface area contributed by atoms with Crippen LogP contribution in [0.1, 0.15) is 39.8 Å². The number of rotatable bonds is 8. The van der Waals surface area contributed by atoms with E-state index in [9.17, 15) is 14.4 Å². The summed E-state index contributed by atoms with van der Waals surface area (Å²) >= 11 is 0. The summed E-state index contributed by atoms with van der Waals surface area (Å²) in [5, 5.41) is 2.87. The molecule has 2 heterocycles. The number of piperazine rings is 1. The molecule has 0 spiro atoms. The van der Waals surface area contributed by atoms with Crippen LogP contribution in [0.4, 0.5) is 11.4 Å². The molecule has 2 aromatic carbocycles. The Bertz CT molecular complexity index is 1170. The predicted molar refractivity (Wildman–Crippen MR) is 139 cm³/mol. The molecule has 0 radical (unpaired) electrons. The molecule has 0 saturated carbocycles. The minimum Gasteiger partial charge on any atom is -0.459 e. The van der Waals surface area contributed by atoms with Gasteiger partial charge >= 0.3 is 0 Å². The maximum absolute atomic E-state index is 12.8. The molecule has 3 aromatic rings. The molecule has 188 valence electrons. The van der Waals surface area contributed by atoms with Gasteiger partial charge in [0.25, 0.3) is 11.8 Å². The third kappa shape index (κ3) is 6.13. The molecule has 3 amide bonds. The number of anilines is 2. The lowest BCUT2D eigenvalue weighted by Crippen LogP contribution is -2.48. The first-order valence-electron chi connectivity index (χ1n) is 12.3. The quantitative estimate of drug-likeness (QED) is 0.517. The van der Waals surface area contributed by atoms with Gasteiger partial charge in [-0.2, -0.15) is 0 Å². The molecule has 0 bridgehead atoms. The second-order valence-corrected chi connectivity index (χ2v) is 8.94. The lowest BCUT2D eigenvalue weighted by atomic mass is 10.1. The minimum absolute atomic E-state index is 0.0495. The van der Waals surface area contributed by atoms with Gasteiger partial charge < -0.3 is 24.4 Å². The Balaban J connectivity index is 1.29. The molecule has 36 heavy (non-hydrogen) atoms. The van der Waals surface area contributed by atoms with Crippen molar-refractivity contribution in [3.8, 4) is 0 Å². The van der Waals surface area contributed by atoms with Crippen LogP contribution >= 0.6 is 0 Å². The first-order chi connectivity index (χ1) is 17.4. The highest BCUT2D eigenvalue weighted by atomic mass is 16.3. The number of furan rings is 1. The number of benzene rings is 2. The molecule has 4 rings (SSSR count). The standard InChI is InChI=1S/C28H32N4O4/c1-3-14-32(28(35)25-5-4-19-36-25)20-26(33)29-23-10-12-24(13-11-23)30-15-17-31(18-16-30)27(34)22-8-6-21(2)7-9-22/h4-13,19H,3,14-18,20H2,1-2H3,(H,29,33). The van der Waals surface area contributed by atoms with Crippen LogP contribution in [-0.4, -0.2) is 66.8 Å². The van der Waals surface area contributed by atoms with Crippen molar-refractivity contribution in [1.82, 2.24) is 9.80 Å². The number of amides is 3. The predicted octanol–water partition coefficient (Wildman–Crippen LogP) is 4.04. The average Bonchev–Trinajstić information content (AvgIpc) is 3.44. The van der Waals surface area contributed by atoms with Crippen molar-refractivity contribution in [3.63, 3.8) is 0 Å². The summed E-state index contributed by atoms with van der Waals surface area (Å²) in [5.41, 5.74) is 3.56. The second-order valence-electron chi connectivity index (χ2n) is 8.94. The van der Waals surface area contributed by atoms with Gasteiger partial charge in [-0.3, -0.25) is 14.4 Å². The van der Waals surface area contributed by atoms with E-state index in [0.717, 1.165) is 36.3 Å². The Morgan fingerprint density at radius 2 is 1.64 bits per heavy atom. The number of carbonyl (C=O) groups is 3. The number of hydrogen-bond donors (Lipinski definition) is 1. The zero-order chi connectivity index (χ0) is 25.5. The number of aryl methyl sites for hydroxylation is 1. The molecule has 8 heteroatoms. The monoisotopic (exact) mass is 488 g/mol. The molecule has 1 fully saturated rings. The van der Waals surface area contributed by atoms with Crippen LogP contribution < -0.4 is 10.2 Å². The molecule has 1 aliphatic rings. The van der Waals surface area contributed by atoms with E-state index in [-0.39, 0.29) is 30.0 Å². The fourth-order valence-corrected chi connectivity index (χ4v) is 4.25. The van der Waals surface area contributed by atoms with Gasteiger partial charge in [-0.1, -0.05) is 24.6 Å². The van der Waals surface area contributed by atoms with Gasteiger partial charge in [0.15, 0.2) is 5.76 Å². The van der Waals surface area contributed by atoms with Gasteiger partial charge in [0.05, 0.1) is 6.26 Å². The first-order valence-corrected chi connectivity index (χ1v) is 12.3. The summed E-state index contributed by atoms with van der Waals surface area (Å²) in [7, 11) is 0. The summed E-state index contributed by atoms with van der Waals surface area (Å²) in [5.74, 6) is -0.275. The molecule has 8 nitrogen and oxygen atoms in total. The Kier molecular flexibility index (Phi) is 8.05. The molecule has 1 aliphatic heterocycles. The van der Waals surface area contributed by atoms with E-state index in [1.54, 1.807) is 12.1 Å². The van der Waals surface area contributed by atoms with Crippen LogP contribution in [-0.2, 0) is 4.79 Å². The van der Waals surface area contributed by atoms with Gasteiger partial charge in [-0.15, -0.1) is 0 Å². The van der Waals surface area contributed by atoms with E-state index < -0.39 is 0 Å². The third-order valence-electron chi connectivity index (χ3n) is 6.23. The number of nitrogens with zero attached hydrogens (tertiary/aromatic N) is 3. The van der Waals surface area contributed by atoms with E-state index in [2.05, 4.69) is 10.2 Å².